The monoisotopic (exact) mass is 314 g/mol. The first-order valence-electron chi connectivity index (χ1n) is 5.71. The predicted molar refractivity (Wildman–Crippen MR) is 77.3 cm³/mol. The summed E-state index contributed by atoms with van der Waals surface area (Å²) in [7, 11) is 2.62. The molecule has 0 fully saturated rings. The van der Waals surface area contributed by atoms with E-state index >= 15 is 0 Å². The molecule has 0 aliphatic carbocycles. The Labute approximate surface area is 123 Å². The Morgan fingerprint density at radius 3 is 1.45 bits per heavy atom. The zero-order valence-corrected chi connectivity index (χ0v) is 12.4. The van der Waals surface area contributed by atoms with Gasteiger partial charge in [0.05, 0.1) is 0 Å². The number of rotatable bonds is 3. The molecule has 0 aromatic heterocycles. The summed E-state index contributed by atoms with van der Waals surface area (Å²) in [6.45, 7) is 3.47. The summed E-state index contributed by atoms with van der Waals surface area (Å²) in [5.41, 5.74) is 1.39. The van der Waals surface area contributed by atoms with E-state index in [4.69, 9.17) is 0 Å². The molecule has 0 aliphatic heterocycles. The molecule has 0 radical (unpaired) electrons. The minimum atomic E-state index is -0.660. The second-order valence-corrected chi connectivity index (χ2v) is 6.52. The first kappa shape index (κ1) is 15.0. The molecule has 2 aromatic rings. The summed E-state index contributed by atoms with van der Waals surface area (Å²) in [4.78, 5) is 1.41. The molecule has 2 N–H and O–H groups in total. The maximum atomic E-state index is 13.1. The van der Waals surface area contributed by atoms with Crippen LogP contribution in [0.3, 0.4) is 0 Å². The van der Waals surface area contributed by atoms with Crippen molar-refractivity contribution in [3.8, 4) is 11.5 Å². The fourth-order valence-corrected chi connectivity index (χ4v) is 4.05. The van der Waals surface area contributed by atoms with Gasteiger partial charge in [-0.2, -0.15) is 0 Å². The molecule has 0 unspecified atom stereocenters. The Morgan fingerprint density at radius 2 is 1.10 bits per heavy atom. The van der Waals surface area contributed by atoms with E-state index in [1.165, 1.54) is 45.9 Å². The first-order chi connectivity index (χ1) is 9.38. The zero-order valence-electron chi connectivity index (χ0n) is 10.8. The van der Waals surface area contributed by atoms with Gasteiger partial charge in [0.2, 0.25) is 0 Å². The van der Waals surface area contributed by atoms with Crippen LogP contribution in [0.4, 0.5) is 8.78 Å². The summed E-state index contributed by atoms with van der Waals surface area (Å²) >= 11 is 0. The molecule has 0 saturated heterocycles. The molecular weight excluding hydrogens is 302 g/mol. The van der Waals surface area contributed by atoms with Crippen LogP contribution >= 0.6 is 21.6 Å². The molecule has 2 aromatic carbocycles. The van der Waals surface area contributed by atoms with Gasteiger partial charge in [-0.05, 0) is 49.2 Å². The highest BCUT2D eigenvalue weighted by Crippen LogP contribution is 2.43. The van der Waals surface area contributed by atoms with E-state index in [0.717, 1.165) is 0 Å². The lowest BCUT2D eigenvalue weighted by molar-refractivity contribution is 0.430. The van der Waals surface area contributed by atoms with Gasteiger partial charge in [0, 0.05) is 9.79 Å². The van der Waals surface area contributed by atoms with Crippen molar-refractivity contribution >= 4 is 21.6 Å². The van der Waals surface area contributed by atoms with Crippen molar-refractivity contribution in [2.75, 3.05) is 0 Å². The Hall–Kier alpha value is -1.40. The maximum absolute atomic E-state index is 13.1. The molecule has 2 nitrogen and oxygen atoms in total. The lowest BCUT2D eigenvalue weighted by atomic mass is 10.2. The molecule has 0 aliphatic rings. The molecule has 106 valence electrons. The fraction of sp³-hybridized carbons (Fsp3) is 0.143. The average Bonchev–Trinajstić information content (AvgIpc) is 2.37. The van der Waals surface area contributed by atoms with E-state index < -0.39 is 23.1 Å². The summed E-state index contributed by atoms with van der Waals surface area (Å²) in [5.74, 6) is -2.13. The van der Waals surface area contributed by atoms with Gasteiger partial charge >= 0.3 is 0 Å². The second kappa shape index (κ2) is 5.93. The highest BCUT2D eigenvalue weighted by atomic mass is 33.1. The summed E-state index contributed by atoms with van der Waals surface area (Å²) in [6, 6.07) is 5.21. The highest BCUT2D eigenvalue weighted by molar-refractivity contribution is 8.76. The van der Waals surface area contributed by atoms with Crippen LogP contribution in [-0.2, 0) is 0 Å². The van der Waals surface area contributed by atoms with Crippen LogP contribution in [-0.4, -0.2) is 10.2 Å². The molecule has 20 heavy (non-hydrogen) atoms. The molecule has 0 amide bonds. The van der Waals surface area contributed by atoms with Gasteiger partial charge in [-0.25, -0.2) is 8.78 Å². The molecule has 0 atom stereocenters. The number of phenolic OH excluding ortho intramolecular Hbond substituents is 2. The van der Waals surface area contributed by atoms with Crippen LogP contribution in [0.15, 0.2) is 34.1 Å². The molecular formula is C14H12F2O2S2. The Kier molecular flexibility index (Phi) is 4.45. The fourth-order valence-electron chi connectivity index (χ4n) is 1.55. The van der Waals surface area contributed by atoms with Crippen LogP contribution in [0.25, 0.3) is 0 Å². The van der Waals surface area contributed by atoms with Crippen LogP contribution in [0.1, 0.15) is 11.1 Å². The van der Waals surface area contributed by atoms with Gasteiger partial charge in [-0.1, -0.05) is 21.6 Å². The number of halogens is 2. The standard InChI is InChI=1S/C14H12F2O2S2/c1-7-3-9(15)11(17)5-13(7)19-20-14-6-12(18)10(16)4-8(14)2/h3-6,17-18H,1-2H3. The van der Waals surface area contributed by atoms with E-state index in [-0.39, 0.29) is 0 Å². The van der Waals surface area contributed by atoms with Gasteiger partial charge in [0.1, 0.15) is 0 Å². The van der Waals surface area contributed by atoms with Crippen molar-refractivity contribution in [2.24, 2.45) is 0 Å². The number of phenols is 2. The molecule has 2 rings (SSSR count). The Bertz CT molecular complexity index is 603. The van der Waals surface area contributed by atoms with Crippen molar-refractivity contribution in [3.05, 3.63) is 47.0 Å². The van der Waals surface area contributed by atoms with Crippen LogP contribution in [0, 0.1) is 25.5 Å². The highest BCUT2D eigenvalue weighted by Gasteiger charge is 2.10. The van der Waals surface area contributed by atoms with E-state index in [2.05, 4.69) is 0 Å². The minimum absolute atomic E-state index is 0.405. The second-order valence-electron chi connectivity index (χ2n) is 4.30. The number of aromatic hydroxyl groups is 2. The van der Waals surface area contributed by atoms with Gasteiger partial charge in [-0.3, -0.25) is 0 Å². The van der Waals surface area contributed by atoms with E-state index in [1.807, 2.05) is 0 Å². The van der Waals surface area contributed by atoms with Crippen molar-refractivity contribution in [3.63, 3.8) is 0 Å². The van der Waals surface area contributed by atoms with Crippen molar-refractivity contribution in [2.45, 2.75) is 23.6 Å². The lowest BCUT2D eigenvalue weighted by Gasteiger charge is -2.09. The summed E-state index contributed by atoms with van der Waals surface area (Å²) < 4.78 is 26.3. The van der Waals surface area contributed by atoms with Gasteiger partial charge < -0.3 is 10.2 Å². The molecule has 0 bridgehead atoms. The maximum Gasteiger partial charge on any atom is 0.165 e. The molecule has 6 heteroatoms. The number of hydrogen-bond donors (Lipinski definition) is 2. The number of aryl methyl sites for hydroxylation is 2. The average molecular weight is 314 g/mol. The summed E-state index contributed by atoms with van der Waals surface area (Å²) in [6.07, 6.45) is 0. The third-order valence-corrected chi connectivity index (χ3v) is 5.36. The van der Waals surface area contributed by atoms with E-state index in [1.54, 1.807) is 13.8 Å². The van der Waals surface area contributed by atoms with Crippen molar-refractivity contribution in [1.82, 2.24) is 0 Å². The Morgan fingerprint density at radius 1 is 0.750 bits per heavy atom. The smallest absolute Gasteiger partial charge is 0.165 e. The van der Waals surface area contributed by atoms with Crippen LogP contribution in [0.5, 0.6) is 11.5 Å². The first-order valence-corrected chi connectivity index (χ1v) is 7.86. The topological polar surface area (TPSA) is 40.5 Å². The van der Waals surface area contributed by atoms with E-state index in [9.17, 15) is 19.0 Å². The normalized spacial score (nSPS) is 10.8. The Balaban J connectivity index is 2.21. The van der Waals surface area contributed by atoms with E-state index in [0.29, 0.717) is 20.9 Å². The third kappa shape index (κ3) is 3.19. The van der Waals surface area contributed by atoms with Crippen molar-refractivity contribution < 1.29 is 19.0 Å². The zero-order chi connectivity index (χ0) is 14.9. The largest absolute Gasteiger partial charge is 0.505 e. The van der Waals surface area contributed by atoms with Crippen molar-refractivity contribution in [1.29, 1.82) is 0 Å². The van der Waals surface area contributed by atoms with Crippen LogP contribution < -0.4 is 0 Å². The third-order valence-electron chi connectivity index (χ3n) is 2.71. The minimum Gasteiger partial charge on any atom is -0.505 e. The van der Waals surface area contributed by atoms with Gasteiger partial charge in [0.25, 0.3) is 0 Å². The number of hydrogen-bond acceptors (Lipinski definition) is 4. The predicted octanol–water partition coefficient (Wildman–Crippen LogP) is 4.79. The van der Waals surface area contributed by atoms with Gasteiger partial charge in [0.15, 0.2) is 23.1 Å². The number of benzene rings is 2. The molecule has 0 spiro atoms. The molecule has 0 saturated carbocycles. The van der Waals surface area contributed by atoms with Gasteiger partial charge in [-0.15, -0.1) is 0 Å². The molecule has 0 heterocycles. The SMILES string of the molecule is Cc1cc(F)c(O)cc1SSc1cc(O)c(F)cc1C. The lowest BCUT2D eigenvalue weighted by Crippen LogP contribution is -1.85. The van der Waals surface area contributed by atoms with Crippen LogP contribution in [0.2, 0.25) is 0 Å². The quantitative estimate of drug-likeness (QED) is 0.799. The summed E-state index contributed by atoms with van der Waals surface area (Å²) in [5, 5.41) is 18.7.